The third-order valence-corrected chi connectivity index (χ3v) is 7.02. The van der Waals surface area contributed by atoms with Crippen LogP contribution >= 0.6 is 11.8 Å². The second-order valence-corrected chi connectivity index (χ2v) is 10.1. The van der Waals surface area contributed by atoms with Crippen molar-refractivity contribution in [3.8, 4) is 0 Å². The second-order valence-electron chi connectivity index (χ2n) is 8.55. The highest BCUT2D eigenvalue weighted by Crippen LogP contribution is 2.39. The topological polar surface area (TPSA) is 112 Å². The quantitative estimate of drug-likeness (QED) is 0.470. The molecule has 9 heteroatoms. The molecule has 0 saturated carbocycles. The average molecular weight is 483 g/mol. The number of benzene rings is 1. The minimum absolute atomic E-state index is 0.180. The van der Waals surface area contributed by atoms with E-state index in [1.165, 1.54) is 22.9 Å². The number of aliphatic hydroxyl groups excluding tert-OH is 1. The molecule has 0 radical (unpaired) electrons. The maximum absolute atomic E-state index is 13.5. The second kappa shape index (κ2) is 11.3. The van der Waals surface area contributed by atoms with Gasteiger partial charge in [-0.15, -0.1) is 18.3 Å². The van der Waals surface area contributed by atoms with Crippen LogP contribution in [0.3, 0.4) is 0 Å². The van der Waals surface area contributed by atoms with Gasteiger partial charge < -0.3 is 20.6 Å². The molecule has 3 N–H and O–H groups in total. The molecular formula is C25H30N4O4S. The molecule has 1 aromatic heterocycles. The van der Waals surface area contributed by atoms with Crippen molar-refractivity contribution in [2.75, 3.05) is 12.4 Å². The van der Waals surface area contributed by atoms with E-state index >= 15 is 0 Å². The molecule has 2 aromatic rings. The standard InChI is InChI=1S/C25H30N4O4S/c1-4-13-27-23(32)21-25(2,3)34-16-29(21)24(33)20(30)19(15-17-10-6-5-7-11-17)28-22(31)18-12-8-9-14-26-18/h4-12,14,19-21,30H,1,13,15-16H2,2-3H3,(H,27,32)(H,28,31)/t19-,20-,21+/m0/s1. The summed E-state index contributed by atoms with van der Waals surface area (Å²) in [6.45, 7) is 7.66. The Balaban J connectivity index is 1.84. The number of carbonyl (C=O) groups is 3. The third-order valence-electron chi connectivity index (χ3n) is 5.64. The van der Waals surface area contributed by atoms with E-state index in [0.717, 1.165) is 5.56 Å². The molecule has 180 valence electrons. The molecule has 1 aliphatic rings. The van der Waals surface area contributed by atoms with Gasteiger partial charge >= 0.3 is 0 Å². The first kappa shape index (κ1) is 25.5. The highest BCUT2D eigenvalue weighted by atomic mass is 32.2. The lowest BCUT2D eigenvalue weighted by Crippen LogP contribution is -2.58. The van der Waals surface area contributed by atoms with Crippen molar-refractivity contribution in [3.05, 3.63) is 78.6 Å². The lowest BCUT2D eigenvalue weighted by Gasteiger charge is -2.33. The van der Waals surface area contributed by atoms with Crippen LogP contribution in [0.2, 0.25) is 0 Å². The fourth-order valence-electron chi connectivity index (χ4n) is 3.87. The van der Waals surface area contributed by atoms with Crippen LogP contribution < -0.4 is 10.6 Å². The van der Waals surface area contributed by atoms with E-state index in [4.69, 9.17) is 0 Å². The monoisotopic (exact) mass is 482 g/mol. The van der Waals surface area contributed by atoms with E-state index < -0.39 is 34.7 Å². The summed E-state index contributed by atoms with van der Waals surface area (Å²) in [7, 11) is 0. The summed E-state index contributed by atoms with van der Waals surface area (Å²) in [6, 6.07) is 12.5. The summed E-state index contributed by atoms with van der Waals surface area (Å²) in [5, 5.41) is 16.7. The first-order chi connectivity index (χ1) is 16.2. The van der Waals surface area contributed by atoms with Gasteiger partial charge in [0, 0.05) is 17.5 Å². The molecule has 0 spiro atoms. The maximum atomic E-state index is 13.5. The number of hydrogen-bond acceptors (Lipinski definition) is 6. The van der Waals surface area contributed by atoms with Gasteiger partial charge in [-0.05, 0) is 38.0 Å². The van der Waals surface area contributed by atoms with Crippen LogP contribution in [0.15, 0.2) is 67.4 Å². The molecule has 0 bridgehead atoms. The molecule has 1 aliphatic heterocycles. The lowest BCUT2D eigenvalue weighted by molar-refractivity contribution is -0.147. The largest absolute Gasteiger partial charge is 0.381 e. The van der Waals surface area contributed by atoms with Gasteiger partial charge in [-0.25, -0.2) is 0 Å². The van der Waals surface area contributed by atoms with Crippen LogP contribution in [-0.2, 0) is 16.0 Å². The highest BCUT2D eigenvalue weighted by Gasteiger charge is 2.49. The van der Waals surface area contributed by atoms with Crippen molar-refractivity contribution in [1.82, 2.24) is 20.5 Å². The van der Waals surface area contributed by atoms with Gasteiger partial charge in [-0.1, -0.05) is 42.5 Å². The summed E-state index contributed by atoms with van der Waals surface area (Å²) in [4.78, 5) is 44.6. The Morgan fingerprint density at radius 2 is 1.94 bits per heavy atom. The number of rotatable bonds is 9. The molecule has 3 atom stereocenters. The van der Waals surface area contributed by atoms with Crippen LogP contribution in [0.25, 0.3) is 0 Å². The molecule has 1 aromatic carbocycles. The van der Waals surface area contributed by atoms with Gasteiger partial charge in [0.15, 0.2) is 6.10 Å². The van der Waals surface area contributed by atoms with Gasteiger partial charge in [0.25, 0.3) is 11.8 Å². The number of amides is 3. The summed E-state index contributed by atoms with van der Waals surface area (Å²) in [5.41, 5.74) is 1.02. The van der Waals surface area contributed by atoms with Crippen LogP contribution in [0.5, 0.6) is 0 Å². The van der Waals surface area contributed by atoms with E-state index in [1.807, 2.05) is 44.2 Å². The number of nitrogens with one attached hydrogen (secondary N) is 2. The molecule has 1 fully saturated rings. The van der Waals surface area contributed by atoms with Crippen LogP contribution in [0, 0.1) is 0 Å². The van der Waals surface area contributed by atoms with Crippen LogP contribution in [0.1, 0.15) is 29.9 Å². The van der Waals surface area contributed by atoms with Crippen molar-refractivity contribution in [2.24, 2.45) is 0 Å². The Labute approximate surface area is 203 Å². The van der Waals surface area contributed by atoms with E-state index in [-0.39, 0.29) is 30.4 Å². The Morgan fingerprint density at radius 1 is 1.24 bits per heavy atom. The van der Waals surface area contributed by atoms with E-state index in [1.54, 1.807) is 24.3 Å². The first-order valence-corrected chi connectivity index (χ1v) is 12.0. The van der Waals surface area contributed by atoms with Crippen LogP contribution in [-0.4, -0.2) is 68.1 Å². The minimum atomic E-state index is -1.56. The fraction of sp³-hybridized carbons (Fsp3) is 0.360. The van der Waals surface area contributed by atoms with Gasteiger partial charge in [0.2, 0.25) is 5.91 Å². The normalized spacial score (nSPS) is 18.6. The van der Waals surface area contributed by atoms with Crippen molar-refractivity contribution >= 4 is 29.5 Å². The zero-order valence-corrected chi connectivity index (χ0v) is 20.1. The number of thioether (sulfide) groups is 1. The van der Waals surface area contributed by atoms with Gasteiger partial charge in [0.1, 0.15) is 11.7 Å². The average Bonchev–Trinajstić information content (AvgIpc) is 3.17. The molecule has 3 amide bonds. The molecule has 3 rings (SSSR count). The van der Waals surface area contributed by atoms with E-state index in [9.17, 15) is 19.5 Å². The smallest absolute Gasteiger partial charge is 0.270 e. The highest BCUT2D eigenvalue weighted by molar-refractivity contribution is 8.00. The SMILES string of the molecule is C=CCNC(=O)[C@H]1N(C(=O)[C@@H](O)[C@H](Cc2ccccc2)NC(=O)c2ccccn2)CSC1(C)C. The molecule has 8 nitrogen and oxygen atoms in total. The third kappa shape index (κ3) is 6.03. The Hall–Kier alpha value is -3.17. The lowest BCUT2D eigenvalue weighted by atomic mass is 9.97. The number of nitrogens with zero attached hydrogens (tertiary/aromatic N) is 2. The number of aromatic nitrogens is 1. The molecule has 0 aliphatic carbocycles. The minimum Gasteiger partial charge on any atom is -0.381 e. The molecule has 1 saturated heterocycles. The zero-order valence-electron chi connectivity index (χ0n) is 19.3. The zero-order chi connectivity index (χ0) is 24.7. The van der Waals surface area contributed by atoms with E-state index in [0.29, 0.717) is 0 Å². The Bertz CT molecular complexity index is 1020. The van der Waals surface area contributed by atoms with Gasteiger partial charge in [-0.2, -0.15) is 0 Å². The maximum Gasteiger partial charge on any atom is 0.270 e. The van der Waals surface area contributed by atoms with Crippen molar-refractivity contribution in [1.29, 1.82) is 0 Å². The van der Waals surface area contributed by atoms with E-state index in [2.05, 4.69) is 22.2 Å². The summed E-state index contributed by atoms with van der Waals surface area (Å²) in [6.07, 6.45) is 1.73. The van der Waals surface area contributed by atoms with Crippen molar-refractivity contribution < 1.29 is 19.5 Å². The van der Waals surface area contributed by atoms with Crippen molar-refractivity contribution in [3.63, 3.8) is 0 Å². The van der Waals surface area contributed by atoms with Gasteiger partial charge in [0.05, 0.1) is 11.9 Å². The fourth-order valence-corrected chi connectivity index (χ4v) is 5.01. The first-order valence-electron chi connectivity index (χ1n) is 11.0. The number of hydrogen-bond donors (Lipinski definition) is 3. The van der Waals surface area contributed by atoms with Crippen LogP contribution in [0.4, 0.5) is 0 Å². The Kier molecular flexibility index (Phi) is 8.46. The summed E-state index contributed by atoms with van der Waals surface area (Å²) in [5.74, 6) is -1.17. The molecule has 0 unspecified atom stereocenters. The Morgan fingerprint density at radius 3 is 2.59 bits per heavy atom. The summed E-state index contributed by atoms with van der Waals surface area (Å²) < 4.78 is -0.549. The molecule has 34 heavy (non-hydrogen) atoms. The number of carbonyl (C=O) groups excluding carboxylic acids is 3. The number of aliphatic hydroxyl groups is 1. The van der Waals surface area contributed by atoms with Crippen molar-refractivity contribution in [2.45, 2.75) is 43.2 Å². The predicted molar refractivity (Wildman–Crippen MR) is 132 cm³/mol. The molecular weight excluding hydrogens is 452 g/mol. The predicted octanol–water partition coefficient (Wildman–Crippen LogP) is 1.77. The summed E-state index contributed by atoms with van der Waals surface area (Å²) >= 11 is 1.46. The molecule has 2 heterocycles. The van der Waals surface area contributed by atoms with Gasteiger partial charge in [-0.3, -0.25) is 19.4 Å². The number of pyridine rings is 1.